The molecule has 0 spiro atoms. The third-order valence-electron chi connectivity index (χ3n) is 1.86. The van der Waals surface area contributed by atoms with Crippen LogP contribution in [0.25, 0.3) is 0 Å². The van der Waals surface area contributed by atoms with E-state index in [1.54, 1.807) is 4.68 Å². The van der Waals surface area contributed by atoms with Crippen LogP contribution in [-0.2, 0) is 13.6 Å². The molecule has 0 bridgehead atoms. The van der Waals surface area contributed by atoms with E-state index in [2.05, 4.69) is 15.3 Å². The fourth-order valence-corrected chi connectivity index (χ4v) is 1.39. The molecule has 0 aliphatic rings. The third kappa shape index (κ3) is 1.53. The summed E-state index contributed by atoms with van der Waals surface area (Å²) in [5, 5.41) is 9.13. The zero-order valence-corrected chi connectivity index (χ0v) is 8.34. The van der Waals surface area contributed by atoms with E-state index in [0.717, 1.165) is 5.69 Å². The first-order valence-electron chi connectivity index (χ1n) is 4.03. The van der Waals surface area contributed by atoms with Crippen LogP contribution < -0.4 is 5.69 Å². The molecule has 2 aromatic heterocycles. The Morgan fingerprint density at radius 3 is 2.86 bits per heavy atom. The molecule has 0 fully saturated rings. The van der Waals surface area contributed by atoms with Crippen LogP contribution >= 0.6 is 12.2 Å². The van der Waals surface area contributed by atoms with Gasteiger partial charge in [-0.2, -0.15) is 5.10 Å². The molecule has 0 saturated carbocycles. The summed E-state index contributed by atoms with van der Waals surface area (Å²) >= 11 is 4.92. The quantitative estimate of drug-likeness (QED) is 0.688. The molecule has 0 aliphatic carbocycles. The van der Waals surface area contributed by atoms with Crippen molar-refractivity contribution in [2.75, 3.05) is 0 Å². The van der Waals surface area contributed by atoms with Crippen molar-refractivity contribution < 1.29 is 0 Å². The maximum Gasteiger partial charge on any atom is 0.342 e. The Balaban J connectivity index is 2.36. The van der Waals surface area contributed by atoms with Gasteiger partial charge in [-0.15, -0.1) is 0 Å². The van der Waals surface area contributed by atoms with E-state index in [-0.39, 0.29) is 5.69 Å². The Hall–Kier alpha value is -1.63. The van der Waals surface area contributed by atoms with Crippen molar-refractivity contribution in [2.45, 2.75) is 6.54 Å². The second-order valence-corrected chi connectivity index (χ2v) is 3.31. The van der Waals surface area contributed by atoms with Crippen LogP contribution in [0.4, 0.5) is 0 Å². The maximum absolute atomic E-state index is 11.2. The smallest absolute Gasteiger partial charge is 0.275 e. The molecule has 74 valence electrons. The number of hydrogen-bond donors (Lipinski definition) is 2. The number of aromatic nitrogens is 5. The van der Waals surface area contributed by atoms with Gasteiger partial charge < -0.3 is 0 Å². The summed E-state index contributed by atoms with van der Waals surface area (Å²) < 4.78 is 3.47. The predicted octanol–water partition coefficient (Wildman–Crippen LogP) is 0.0158. The number of nitrogens with zero attached hydrogens (tertiary/aromatic N) is 3. The predicted molar refractivity (Wildman–Crippen MR) is 52.5 cm³/mol. The molecule has 0 aromatic carbocycles. The van der Waals surface area contributed by atoms with Crippen molar-refractivity contribution in [3.63, 3.8) is 0 Å². The molecule has 6 nitrogen and oxygen atoms in total. The SMILES string of the molecule is Cn1ccc(Cn2c(=O)[nH][nH]c2=S)n1. The fraction of sp³-hybridized carbons (Fsp3) is 0.286. The molecule has 2 N–H and O–H groups in total. The van der Waals surface area contributed by atoms with E-state index in [1.165, 1.54) is 4.57 Å². The second-order valence-electron chi connectivity index (χ2n) is 2.93. The summed E-state index contributed by atoms with van der Waals surface area (Å²) in [5.41, 5.74) is 0.550. The summed E-state index contributed by atoms with van der Waals surface area (Å²) in [6, 6.07) is 1.84. The first-order valence-corrected chi connectivity index (χ1v) is 4.43. The maximum atomic E-state index is 11.2. The van der Waals surface area contributed by atoms with Crippen molar-refractivity contribution in [3.05, 3.63) is 33.2 Å². The van der Waals surface area contributed by atoms with Crippen LogP contribution in [0.2, 0.25) is 0 Å². The van der Waals surface area contributed by atoms with E-state index in [9.17, 15) is 4.79 Å². The highest BCUT2D eigenvalue weighted by atomic mass is 32.1. The Morgan fingerprint density at radius 2 is 2.36 bits per heavy atom. The van der Waals surface area contributed by atoms with Gasteiger partial charge in [-0.1, -0.05) is 0 Å². The topological polar surface area (TPSA) is 71.4 Å². The molecule has 0 saturated heterocycles. The number of nitrogens with one attached hydrogen (secondary N) is 2. The molecule has 2 aromatic rings. The lowest BCUT2D eigenvalue weighted by atomic mass is 10.4. The lowest BCUT2D eigenvalue weighted by Crippen LogP contribution is -2.17. The van der Waals surface area contributed by atoms with Gasteiger partial charge in [0.05, 0.1) is 12.2 Å². The van der Waals surface area contributed by atoms with Crippen LogP contribution in [0, 0.1) is 4.77 Å². The standard InChI is InChI=1S/C7H9N5OS/c1-11-3-2-5(10-11)4-12-6(13)8-9-7(12)14/h2-3H,4H2,1H3,(H,8,13)(H,9,14). The first kappa shape index (κ1) is 8.95. The molecular weight excluding hydrogens is 202 g/mol. The molecule has 0 atom stereocenters. The van der Waals surface area contributed by atoms with E-state index >= 15 is 0 Å². The Morgan fingerprint density at radius 1 is 1.57 bits per heavy atom. The average Bonchev–Trinajstić information content (AvgIpc) is 2.67. The molecule has 2 heterocycles. The number of hydrogen-bond acceptors (Lipinski definition) is 3. The number of rotatable bonds is 2. The zero-order chi connectivity index (χ0) is 10.1. The van der Waals surface area contributed by atoms with Crippen molar-refractivity contribution in [1.82, 2.24) is 24.5 Å². The monoisotopic (exact) mass is 211 g/mol. The zero-order valence-electron chi connectivity index (χ0n) is 7.52. The van der Waals surface area contributed by atoms with Crippen molar-refractivity contribution in [3.8, 4) is 0 Å². The second kappa shape index (κ2) is 3.26. The molecule has 7 heteroatoms. The van der Waals surface area contributed by atoms with Gasteiger partial charge in [0.25, 0.3) is 0 Å². The van der Waals surface area contributed by atoms with Gasteiger partial charge in [0.15, 0.2) is 4.77 Å². The highest BCUT2D eigenvalue weighted by molar-refractivity contribution is 7.71. The lowest BCUT2D eigenvalue weighted by Gasteiger charge is -1.95. The summed E-state index contributed by atoms with van der Waals surface area (Å²) in [7, 11) is 1.82. The van der Waals surface area contributed by atoms with Gasteiger partial charge in [-0.3, -0.25) is 14.3 Å². The van der Waals surface area contributed by atoms with E-state index in [1.807, 2.05) is 19.3 Å². The molecule has 0 aliphatic heterocycles. The van der Waals surface area contributed by atoms with Crippen LogP contribution in [0.5, 0.6) is 0 Å². The number of aryl methyl sites for hydroxylation is 1. The molecule has 0 radical (unpaired) electrons. The summed E-state index contributed by atoms with van der Waals surface area (Å²) in [6.45, 7) is 0.387. The average molecular weight is 211 g/mol. The van der Waals surface area contributed by atoms with Gasteiger partial charge >= 0.3 is 5.69 Å². The largest absolute Gasteiger partial charge is 0.342 e. The molecule has 0 amide bonds. The highest BCUT2D eigenvalue weighted by Crippen LogP contribution is 1.96. The van der Waals surface area contributed by atoms with Gasteiger partial charge in [-0.05, 0) is 18.3 Å². The minimum atomic E-state index is -0.249. The normalized spacial score (nSPS) is 10.6. The van der Waals surface area contributed by atoms with E-state index in [0.29, 0.717) is 11.3 Å². The first-order chi connectivity index (χ1) is 6.66. The summed E-state index contributed by atoms with van der Waals surface area (Å²) in [6.07, 6.45) is 1.82. The number of H-pyrrole nitrogens is 2. The third-order valence-corrected chi connectivity index (χ3v) is 2.18. The lowest BCUT2D eigenvalue weighted by molar-refractivity contribution is 0.688. The van der Waals surface area contributed by atoms with Gasteiger partial charge in [-0.25, -0.2) is 9.89 Å². The Labute approximate surface area is 84.2 Å². The van der Waals surface area contributed by atoms with Gasteiger partial charge in [0.2, 0.25) is 0 Å². The van der Waals surface area contributed by atoms with Crippen molar-refractivity contribution in [2.24, 2.45) is 7.05 Å². The van der Waals surface area contributed by atoms with E-state index in [4.69, 9.17) is 12.2 Å². The van der Waals surface area contributed by atoms with Crippen LogP contribution in [0.15, 0.2) is 17.1 Å². The molecule has 0 unspecified atom stereocenters. The summed E-state index contributed by atoms with van der Waals surface area (Å²) in [4.78, 5) is 11.2. The molecule has 14 heavy (non-hydrogen) atoms. The Bertz CT molecular complexity index is 517. The van der Waals surface area contributed by atoms with Crippen molar-refractivity contribution >= 4 is 12.2 Å². The Kier molecular flexibility index (Phi) is 2.08. The van der Waals surface area contributed by atoms with Crippen LogP contribution in [0.3, 0.4) is 0 Å². The minimum absolute atomic E-state index is 0.249. The van der Waals surface area contributed by atoms with Crippen molar-refractivity contribution in [1.29, 1.82) is 0 Å². The molecule has 2 rings (SSSR count). The van der Waals surface area contributed by atoms with E-state index < -0.39 is 0 Å². The van der Waals surface area contributed by atoms with Gasteiger partial charge in [0.1, 0.15) is 0 Å². The van der Waals surface area contributed by atoms with Crippen LogP contribution in [-0.4, -0.2) is 24.5 Å². The molecular formula is C7H9N5OS. The highest BCUT2D eigenvalue weighted by Gasteiger charge is 2.03. The number of aromatic amines is 2. The fourth-order valence-electron chi connectivity index (χ4n) is 1.19. The van der Waals surface area contributed by atoms with Crippen LogP contribution in [0.1, 0.15) is 5.69 Å². The minimum Gasteiger partial charge on any atom is -0.275 e. The summed E-state index contributed by atoms with van der Waals surface area (Å²) in [5.74, 6) is 0. The van der Waals surface area contributed by atoms with Gasteiger partial charge in [0, 0.05) is 13.2 Å².